The zero-order valence-corrected chi connectivity index (χ0v) is 15.8. The summed E-state index contributed by atoms with van der Waals surface area (Å²) in [7, 11) is 3.51. The molecule has 2 heterocycles. The minimum absolute atomic E-state index is 0.00485. The SMILES string of the molecule is CN(C)C(=O)c1ccc(-c2n[nH]c3ccnc(NC4CCCCC4)c23)cc1. The van der Waals surface area contributed by atoms with Gasteiger partial charge in [0.15, 0.2) is 0 Å². The Morgan fingerprint density at radius 2 is 1.85 bits per heavy atom. The highest BCUT2D eigenvalue weighted by Gasteiger charge is 2.18. The molecule has 3 aromatic rings. The van der Waals surface area contributed by atoms with Gasteiger partial charge < -0.3 is 10.2 Å². The van der Waals surface area contributed by atoms with Gasteiger partial charge in [-0.2, -0.15) is 5.10 Å². The van der Waals surface area contributed by atoms with E-state index in [1.807, 2.05) is 36.5 Å². The molecule has 0 spiro atoms. The minimum Gasteiger partial charge on any atom is -0.367 e. The summed E-state index contributed by atoms with van der Waals surface area (Å²) in [6.45, 7) is 0. The number of benzene rings is 1. The standard InChI is InChI=1S/C21H25N5O/c1-26(2)21(27)15-10-8-14(9-11-15)19-18-17(24-25-19)12-13-22-20(18)23-16-6-4-3-5-7-16/h8-13,16H,3-7H2,1-2H3,(H,22,23)(H,24,25). The van der Waals surface area contributed by atoms with Crippen LogP contribution in [-0.4, -0.2) is 46.1 Å². The molecule has 0 radical (unpaired) electrons. The van der Waals surface area contributed by atoms with Crippen LogP contribution in [0.4, 0.5) is 5.82 Å². The Bertz CT molecular complexity index is 939. The van der Waals surface area contributed by atoms with Crippen LogP contribution in [0.5, 0.6) is 0 Å². The molecule has 0 unspecified atom stereocenters. The zero-order chi connectivity index (χ0) is 18.8. The summed E-state index contributed by atoms with van der Waals surface area (Å²) in [5, 5.41) is 12.3. The molecule has 4 rings (SSSR count). The first-order valence-electron chi connectivity index (χ1n) is 9.55. The molecule has 1 aliphatic rings. The van der Waals surface area contributed by atoms with Crippen LogP contribution >= 0.6 is 0 Å². The number of aromatic amines is 1. The van der Waals surface area contributed by atoms with Crippen LogP contribution in [0, 0.1) is 0 Å². The lowest BCUT2D eigenvalue weighted by molar-refractivity contribution is 0.0827. The number of nitrogens with one attached hydrogen (secondary N) is 2. The van der Waals surface area contributed by atoms with Crippen molar-refractivity contribution < 1.29 is 4.79 Å². The maximum absolute atomic E-state index is 12.1. The van der Waals surface area contributed by atoms with Crippen molar-refractivity contribution in [2.24, 2.45) is 0 Å². The molecule has 1 fully saturated rings. The summed E-state index contributed by atoms with van der Waals surface area (Å²) in [6, 6.07) is 10.0. The van der Waals surface area contributed by atoms with Gasteiger partial charge in [0.05, 0.1) is 10.9 Å². The molecule has 0 aliphatic heterocycles. The first-order chi connectivity index (χ1) is 13.1. The van der Waals surface area contributed by atoms with E-state index in [2.05, 4.69) is 20.5 Å². The lowest BCUT2D eigenvalue weighted by atomic mass is 9.95. The lowest BCUT2D eigenvalue weighted by Crippen LogP contribution is -2.22. The van der Waals surface area contributed by atoms with Gasteiger partial charge in [0, 0.05) is 37.5 Å². The van der Waals surface area contributed by atoms with Crippen molar-refractivity contribution in [2.45, 2.75) is 38.1 Å². The largest absolute Gasteiger partial charge is 0.367 e. The van der Waals surface area contributed by atoms with Crippen molar-refractivity contribution in [1.82, 2.24) is 20.1 Å². The highest BCUT2D eigenvalue weighted by molar-refractivity contribution is 6.01. The second kappa shape index (κ2) is 7.39. The predicted octanol–water partition coefficient (Wildman–Crippen LogP) is 4.07. The third-order valence-electron chi connectivity index (χ3n) is 5.23. The van der Waals surface area contributed by atoms with E-state index in [-0.39, 0.29) is 5.91 Å². The van der Waals surface area contributed by atoms with Crippen molar-refractivity contribution in [1.29, 1.82) is 0 Å². The molecule has 140 valence electrons. The number of aromatic nitrogens is 3. The Hall–Kier alpha value is -2.89. The number of hydrogen-bond donors (Lipinski definition) is 2. The molecule has 1 aromatic carbocycles. The summed E-state index contributed by atoms with van der Waals surface area (Å²) < 4.78 is 0. The fourth-order valence-corrected chi connectivity index (χ4v) is 3.75. The van der Waals surface area contributed by atoms with Gasteiger partial charge in [-0.25, -0.2) is 4.98 Å². The normalized spacial score (nSPS) is 15.0. The highest BCUT2D eigenvalue weighted by Crippen LogP contribution is 2.32. The van der Waals surface area contributed by atoms with Crippen LogP contribution in [0.1, 0.15) is 42.5 Å². The van der Waals surface area contributed by atoms with Crippen LogP contribution in [0.25, 0.3) is 22.2 Å². The molecule has 1 saturated carbocycles. The summed E-state index contributed by atoms with van der Waals surface area (Å²) in [4.78, 5) is 18.3. The van der Waals surface area contributed by atoms with Crippen molar-refractivity contribution in [3.63, 3.8) is 0 Å². The third-order valence-corrected chi connectivity index (χ3v) is 5.23. The monoisotopic (exact) mass is 363 g/mol. The topological polar surface area (TPSA) is 73.9 Å². The molecule has 27 heavy (non-hydrogen) atoms. The Kier molecular flexibility index (Phi) is 4.79. The number of anilines is 1. The molecule has 0 saturated heterocycles. The number of pyridine rings is 1. The average Bonchev–Trinajstić information content (AvgIpc) is 3.13. The molecule has 2 N–H and O–H groups in total. The zero-order valence-electron chi connectivity index (χ0n) is 15.8. The molecule has 2 aromatic heterocycles. The summed E-state index contributed by atoms with van der Waals surface area (Å²) in [5.74, 6) is 0.881. The van der Waals surface area contributed by atoms with Gasteiger partial charge in [-0.05, 0) is 31.0 Å². The summed E-state index contributed by atoms with van der Waals surface area (Å²) >= 11 is 0. The number of fused-ring (bicyclic) bond motifs is 1. The first-order valence-corrected chi connectivity index (χ1v) is 9.55. The smallest absolute Gasteiger partial charge is 0.253 e. The van der Waals surface area contributed by atoms with E-state index in [0.717, 1.165) is 28.0 Å². The summed E-state index contributed by atoms with van der Waals surface area (Å²) in [6.07, 6.45) is 8.05. The molecule has 1 aliphatic carbocycles. The van der Waals surface area contributed by atoms with E-state index in [4.69, 9.17) is 0 Å². The van der Waals surface area contributed by atoms with Gasteiger partial charge in [0.1, 0.15) is 11.5 Å². The van der Waals surface area contributed by atoms with E-state index in [0.29, 0.717) is 11.6 Å². The molecule has 6 heteroatoms. The Labute approximate surface area is 159 Å². The van der Waals surface area contributed by atoms with Crippen LogP contribution in [0.2, 0.25) is 0 Å². The second-order valence-corrected chi connectivity index (χ2v) is 7.41. The number of nitrogens with zero attached hydrogens (tertiary/aromatic N) is 3. The van der Waals surface area contributed by atoms with Gasteiger partial charge >= 0.3 is 0 Å². The van der Waals surface area contributed by atoms with Gasteiger partial charge in [0.2, 0.25) is 0 Å². The second-order valence-electron chi connectivity index (χ2n) is 7.41. The van der Waals surface area contributed by atoms with E-state index in [1.54, 1.807) is 19.0 Å². The Morgan fingerprint density at radius 3 is 2.56 bits per heavy atom. The predicted molar refractivity (Wildman–Crippen MR) is 108 cm³/mol. The number of H-pyrrole nitrogens is 1. The molecule has 0 bridgehead atoms. The van der Waals surface area contributed by atoms with Gasteiger partial charge in [0.25, 0.3) is 5.91 Å². The van der Waals surface area contributed by atoms with Crippen LogP contribution < -0.4 is 5.32 Å². The summed E-state index contributed by atoms with van der Waals surface area (Å²) in [5.41, 5.74) is 3.46. The van der Waals surface area contributed by atoms with Gasteiger partial charge in [-0.1, -0.05) is 31.4 Å². The average molecular weight is 363 g/mol. The maximum atomic E-state index is 12.1. The van der Waals surface area contributed by atoms with Crippen LogP contribution in [0.3, 0.4) is 0 Å². The fourth-order valence-electron chi connectivity index (χ4n) is 3.75. The fraction of sp³-hybridized carbons (Fsp3) is 0.381. The van der Waals surface area contributed by atoms with Gasteiger partial charge in [-0.15, -0.1) is 0 Å². The van der Waals surface area contributed by atoms with Gasteiger partial charge in [-0.3, -0.25) is 9.89 Å². The third kappa shape index (κ3) is 3.52. The Morgan fingerprint density at radius 1 is 1.11 bits per heavy atom. The molecule has 6 nitrogen and oxygen atoms in total. The van der Waals surface area contributed by atoms with E-state index < -0.39 is 0 Å². The lowest BCUT2D eigenvalue weighted by Gasteiger charge is -2.23. The van der Waals surface area contributed by atoms with E-state index in [1.165, 1.54) is 32.1 Å². The van der Waals surface area contributed by atoms with Crippen molar-refractivity contribution in [3.8, 4) is 11.3 Å². The number of rotatable bonds is 4. The molecular formula is C21H25N5O. The number of carbonyl (C=O) groups excluding carboxylic acids is 1. The van der Waals surface area contributed by atoms with Crippen molar-refractivity contribution in [3.05, 3.63) is 42.1 Å². The van der Waals surface area contributed by atoms with E-state index >= 15 is 0 Å². The maximum Gasteiger partial charge on any atom is 0.253 e. The number of carbonyl (C=O) groups is 1. The molecular weight excluding hydrogens is 338 g/mol. The van der Waals surface area contributed by atoms with Crippen molar-refractivity contribution >= 4 is 22.6 Å². The molecule has 1 amide bonds. The van der Waals surface area contributed by atoms with Crippen molar-refractivity contribution in [2.75, 3.05) is 19.4 Å². The Balaban J connectivity index is 1.68. The quantitative estimate of drug-likeness (QED) is 0.733. The highest BCUT2D eigenvalue weighted by atomic mass is 16.2. The first kappa shape index (κ1) is 17.5. The van der Waals surface area contributed by atoms with Crippen LogP contribution in [-0.2, 0) is 0 Å². The number of amides is 1. The number of hydrogen-bond acceptors (Lipinski definition) is 4. The minimum atomic E-state index is -0.00485. The van der Waals surface area contributed by atoms with E-state index in [9.17, 15) is 4.79 Å². The van der Waals surface area contributed by atoms with Crippen LogP contribution in [0.15, 0.2) is 36.5 Å². The molecule has 0 atom stereocenters.